The standard InChI is InChI=1S/C63H100O9/c1-3-5-7-9-11-13-15-17-19-21-23-25-27-28-29-31-33-35-37-39-41-43-45-47-49-51-53-69-55-57(56-70-63-62(68)61(67)60(66)58(54-64)72-63)71-59(65)52-50-48-46-44-42-40-38-36-34-32-30-26-24-22-20-18-16-14-12-10-8-6-4-2/h5-8,11-14,17-20,23-26,28-29,32-35,39,41,57-58,60-64,66-68H,3-4,9-10,15-16,21-22,27,30-31,36-38,40,42-56H2,1-2H3/b7-5-,8-6-,13-11-,14-12-,19-17-,20-18-,25-23-,26-24-,29-28-,34-32-,35-33-,41-39-. The van der Waals surface area contributed by atoms with Crippen LogP contribution < -0.4 is 0 Å². The fourth-order valence-corrected chi connectivity index (χ4v) is 7.50. The van der Waals surface area contributed by atoms with Crippen LogP contribution in [0.3, 0.4) is 0 Å². The molecule has 1 rings (SSSR count). The first kappa shape index (κ1) is 66.1. The van der Waals surface area contributed by atoms with E-state index in [1.54, 1.807) is 0 Å². The molecule has 9 heteroatoms. The van der Waals surface area contributed by atoms with Crippen LogP contribution in [0.15, 0.2) is 146 Å². The van der Waals surface area contributed by atoms with Gasteiger partial charge in [0.2, 0.25) is 0 Å². The highest BCUT2D eigenvalue weighted by Crippen LogP contribution is 2.22. The van der Waals surface area contributed by atoms with Gasteiger partial charge in [-0.3, -0.25) is 4.79 Å². The third-order valence-corrected chi connectivity index (χ3v) is 11.8. The zero-order valence-corrected chi connectivity index (χ0v) is 44.9. The van der Waals surface area contributed by atoms with Gasteiger partial charge in [-0.1, -0.05) is 205 Å². The van der Waals surface area contributed by atoms with E-state index in [0.717, 1.165) is 141 Å². The quantitative estimate of drug-likeness (QED) is 0.0267. The Morgan fingerprint density at radius 2 is 0.806 bits per heavy atom. The normalized spacial score (nSPS) is 19.9. The van der Waals surface area contributed by atoms with Gasteiger partial charge >= 0.3 is 5.97 Å². The lowest BCUT2D eigenvalue weighted by molar-refractivity contribution is -0.305. The number of esters is 1. The monoisotopic (exact) mass is 1000 g/mol. The molecule has 6 unspecified atom stereocenters. The number of hydrogen-bond donors (Lipinski definition) is 4. The van der Waals surface area contributed by atoms with Crippen LogP contribution in [-0.2, 0) is 23.7 Å². The molecule has 4 N–H and O–H groups in total. The van der Waals surface area contributed by atoms with Gasteiger partial charge in [0.05, 0.1) is 19.8 Å². The average Bonchev–Trinajstić information content (AvgIpc) is 3.38. The predicted octanol–water partition coefficient (Wildman–Crippen LogP) is 14.6. The number of carbonyl (C=O) groups is 1. The summed E-state index contributed by atoms with van der Waals surface area (Å²) in [6.07, 6.45) is 71.6. The zero-order chi connectivity index (χ0) is 52.1. The fraction of sp³-hybridized carbons (Fsp3) is 0.603. The molecular weight excluding hydrogens is 901 g/mol. The molecule has 0 bridgehead atoms. The Balaban J connectivity index is 2.24. The van der Waals surface area contributed by atoms with Crippen molar-refractivity contribution in [3.8, 4) is 0 Å². The number of rotatable bonds is 46. The van der Waals surface area contributed by atoms with E-state index in [1.165, 1.54) is 19.3 Å². The van der Waals surface area contributed by atoms with Crippen LogP contribution in [0.4, 0.5) is 0 Å². The Hall–Kier alpha value is -3.93. The smallest absolute Gasteiger partial charge is 0.306 e. The van der Waals surface area contributed by atoms with Crippen molar-refractivity contribution in [1.82, 2.24) is 0 Å². The second-order valence-electron chi connectivity index (χ2n) is 18.3. The number of allylic oxidation sites excluding steroid dienone is 24. The highest BCUT2D eigenvalue weighted by molar-refractivity contribution is 5.69. The highest BCUT2D eigenvalue weighted by Gasteiger charge is 2.44. The molecule has 406 valence electrons. The summed E-state index contributed by atoms with van der Waals surface area (Å²) in [5, 5.41) is 40.3. The van der Waals surface area contributed by atoms with Gasteiger partial charge in [0.15, 0.2) is 6.29 Å². The highest BCUT2D eigenvalue weighted by atomic mass is 16.7. The van der Waals surface area contributed by atoms with Crippen LogP contribution in [0.1, 0.15) is 181 Å². The Bertz CT molecular complexity index is 1610. The van der Waals surface area contributed by atoms with E-state index in [0.29, 0.717) is 6.61 Å². The van der Waals surface area contributed by atoms with E-state index < -0.39 is 43.4 Å². The summed E-state index contributed by atoms with van der Waals surface area (Å²) in [5.41, 5.74) is 0. The maximum absolute atomic E-state index is 12.9. The first-order valence-electron chi connectivity index (χ1n) is 27.9. The summed E-state index contributed by atoms with van der Waals surface area (Å²) >= 11 is 0. The molecule has 1 heterocycles. The number of carbonyl (C=O) groups excluding carboxylic acids is 1. The van der Waals surface area contributed by atoms with Gasteiger partial charge in [0.25, 0.3) is 0 Å². The molecule has 9 nitrogen and oxygen atoms in total. The summed E-state index contributed by atoms with van der Waals surface area (Å²) in [6, 6.07) is 0. The van der Waals surface area contributed by atoms with Crippen molar-refractivity contribution in [2.75, 3.05) is 26.4 Å². The molecule has 0 saturated carbocycles. The minimum Gasteiger partial charge on any atom is -0.457 e. The second-order valence-corrected chi connectivity index (χ2v) is 18.3. The molecule has 1 fully saturated rings. The van der Waals surface area contributed by atoms with Crippen LogP contribution in [0, 0.1) is 0 Å². The fourth-order valence-electron chi connectivity index (χ4n) is 7.50. The van der Waals surface area contributed by atoms with E-state index in [4.69, 9.17) is 18.9 Å². The second kappa shape index (κ2) is 52.0. The number of ether oxygens (including phenoxy) is 4. The number of aliphatic hydroxyl groups excluding tert-OH is 4. The van der Waals surface area contributed by atoms with Gasteiger partial charge in [-0.25, -0.2) is 0 Å². The SMILES string of the molecule is CC/C=C\C/C=C\C/C=C\C/C=C\C/C=C\C/C=C\C/C=C\CCCCCCOCC(COC1OC(CO)C(O)C(O)C1O)OC(=O)CCCCCCCCC/C=C\C/C=C\C/C=C\C/C=C\C/C=C\CC. The maximum atomic E-state index is 12.9. The van der Waals surface area contributed by atoms with Crippen LogP contribution >= 0.6 is 0 Å². The number of aliphatic hydroxyl groups is 4. The van der Waals surface area contributed by atoms with Gasteiger partial charge in [-0.15, -0.1) is 0 Å². The summed E-state index contributed by atoms with van der Waals surface area (Å²) < 4.78 is 22.9. The van der Waals surface area contributed by atoms with Crippen molar-refractivity contribution in [2.45, 2.75) is 218 Å². The van der Waals surface area contributed by atoms with Crippen molar-refractivity contribution in [1.29, 1.82) is 0 Å². The summed E-state index contributed by atoms with van der Waals surface area (Å²) in [5.74, 6) is -0.341. The summed E-state index contributed by atoms with van der Waals surface area (Å²) in [4.78, 5) is 12.9. The van der Waals surface area contributed by atoms with Crippen LogP contribution in [0.2, 0.25) is 0 Å². The molecule has 72 heavy (non-hydrogen) atoms. The lowest BCUT2D eigenvalue weighted by Crippen LogP contribution is -2.59. The van der Waals surface area contributed by atoms with Crippen molar-refractivity contribution in [3.63, 3.8) is 0 Å². The van der Waals surface area contributed by atoms with Crippen molar-refractivity contribution >= 4 is 5.97 Å². The molecule has 0 aliphatic carbocycles. The topological polar surface area (TPSA) is 135 Å². The summed E-state index contributed by atoms with van der Waals surface area (Å²) in [7, 11) is 0. The molecule has 1 aliphatic heterocycles. The maximum Gasteiger partial charge on any atom is 0.306 e. The number of hydrogen-bond acceptors (Lipinski definition) is 9. The van der Waals surface area contributed by atoms with Crippen molar-refractivity contribution < 1.29 is 44.2 Å². The van der Waals surface area contributed by atoms with E-state index in [2.05, 4.69) is 160 Å². The summed E-state index contributed by atoms with van der Waals surface area (Å²) in [6.45, 7) is 4.23. The largest absolute Gasteiger partial charge is 0.457 e. The van der Waals surface area contributed by atoms with E-state index in [1.807, 2.05) is 0 Å². The van der Waals surface area contributed by atoms with E-state index >= 15 is 0 Å². The van der Waals surface area contributed by atoms with E-state index in [-0.39, 0.29) is 25.6 Å². The van der Waals surface area contributed by atoms with Crippen molar-refractivity contribution in [3.05, 3.63) is 146 Å². The van der Waals surface area contributed by atoms with Crippen molar-refractivity contribution in [2.24, 2.45) is 0 Å². The van der Waals surface area contributed by atoms with Crippen LogP contribution in [0.25, 0.3) is 0 Å². The Morgan fingerprint density at radius 1 is 0.444 bits per heavy atom. The van der Waals surface area contributed by atoms with Gasteiger partial charge < -0.3 is 39.4 Å². The van der Waals surface area contributed by atoms with Crippen LogP contribution in [-0.4, -0.2) is 89.6 Å². The first-order chi connectivity index (χ1) is 35.4. The first-order valence-corrected chi connectivity index (χ1v) is 27.9. The minimum atomic E-state index is -1.56. The van der Waals surface area contributed by atoms with Crippen LogP contribution in [0.5, 0.6) is 0 Å². The number of unbranched alkanes of at least 4 members (excludes halogenated alkanes) is 11. The average molecular weight is 1000 g/mol. The molecule has 0 amide bonds. The Labute approximate surface area is 438 Å². The molecule has 6 atom stereocenters. The zero-order valence-electron chi connectivity index (χ0n) is 44.9. The van der Waals surface area contributed by atoms with Gasteiger partial charge in [0.1, 0.15) is 30.5 Å². The molecule has 0 spiro atoms. The molecule has 0 radical (unpaired) electrons. The lowest BCUT2D eigenvalue weighted by Gasteiger charge is -2.39. The van der Waals surface area contributed by atoms with E-state index in [9.17, 15) is 25.2 Å². The molecule has 0 aromatic rings. The third-order valence-electron chi connectivity index (χ3n) is 11.8. The van der Waals surface area contributed by atoms with Gasteiger partial charge in [-0.2, -0.15) is 0 Å². The molecule has 0 aromatic carbocycles. The molecule has 1 saturated heterocycles. The third kappa shape index (κ3) is 41.5. The molecular formula is C63H100O9. The predicted molar refractivity (Wildman–Crippen MR) is 301 cm³/mol. The van der Waals surface area contributed by atoms with Gasteiger partial charge in [-0.05, 0) is 116 Å². The lowest BCUT2D eigenvalue weighted by atomic mass is 9.99. The Kier molecular flexibility index (Phi) is 47.7. The molecule has 1 aliphatic rings. The molecule has 0 aromatic heterocycles. The van der Waals surface area contributed by atoms with Gasteiger partial charge in [0, 0.05) is 13.0 Å². The Morgan fingerprint density at radius 3 is 1.21 bits per heavy atom. The minimum absolute atomic E-state index is 0.111.